The third-order valence-corrected chi connectivity index (χ3v) is 4.91. The average molecular weight is 398 g/mol. The molecule has 4 rings (SSSR count). The second-order valence-electron chi connectivity index (χ2n) is 6.09. The Morgan fingerprint density at radius 2 is 2.28 bits per heavy atom. The highest BCUT2D eigenvalue weighted by molar-refractivity contribution is 9.10. The van der Waals surface area contributed by atoms with Crippen molar-refractivity contribution < 1.29 is 0 Å². The SMILES string of the molecule is [C-]#[N+]CC1(n2cc(-c3nc(Br)cn4ncnc34)c(N)n2)CC(C#N)C1. The Labute approximate surface area is 151 Å². The molecule has 1 fully saturated rings. The Morgan fingerprint density at radius 1 is 1.48 bits per heavy atom. The van der Waals surface area contributed by atoms with Gasteiger partial charge in [-0.25, -0.2) is 21.1 Å². The van der Waals surface area contributed by atoms with Crippen LogP contribution >= 0.6 is 15.9 Å². The minimum Gasteiger partial charge on any atom is -0.382 e. The number of hydrogen-bond donors (Lipinski definition) is 1. The first-order valence-corrected chi connectivity index (χ1v) is 8.30. The smallest absolute Gasteiger partial charge is 0.239 e. The lowest BCUT2D eigenvalue weighted by molar-refractivity contribution is 0.102. The minimum absolute atomic E-state index is 0.0529. The monoisotopic (exact) mass is 397 g/mol. The van der Waals surface area contributed by atoms with Crippen LogP contribution in [0.5, 0.6) is 0 Å². The van der Waals surface area contributed by atoms with Gasteiger partial charge in [0.2, 0.25) is 6.54 Å². The molecule has 10 heteroatoms. The van der Waals surface area contributed by atoms with Gasteiger partial charge in [-0.3, -0.25) is 4.68 Å². The maximum Gasteiger partial charge on any atom is 0.239 e. The van der Waals surface area contributed by atoms with Crippen molar-refractivity contribution in [2.75, 3.05) is 12.3 Å². The van der Waals surface area contributed by atoms with E-state index in [2.05, 4.69) is 47.0 Å². The molecule has 3 aromatic heterocycles. The number of nitrogens with two attached hydrogens (primary N) is 1. The zero-order valence-electron chi connectivity index (χ0n) is 13.0. The van der Waals surface area contributed by atoms with E-state index in [1.807, 2.05) is 0 Å². The number of anilines is 1. The summed E-state index contributed by atoms with van der Waals surface area (Å²) in [7, 11) is 0. The molecule has 3 aromatic rings. The molecule has 1 aliphatic carbocycles. The largest absolute Gasteiger partial charge is 0.382 e. The number of hydrogen-bond acceptors (Lipinski definition) is 6. The number of nitriles is 1. The van der Waals surface area contributed by atoms with Gasteiger partial charge in [0.1, 0.15) is 22.2 Å². The molecule has 0 bridgehead atoms. The van der Waals surface area contributed by atoms with Gasteiger partial charge >= 0.3 is 0 Å². The predicted octanol–water partition coefficient (Wildman–Crippen LogP) is 1.88. The molecule has 0 aromatic carbocycles. The summed E-state index contributed by atoms with van der Waals surface area (Å²) in [5, 5.41) is 17.6. The Hall–Kier alpha value is -2.98. The maximum atomic E-state index is 9.08. The number of rotatable bonds is 3. The molecule has 0 atom stereocenters. The number of nitrogens with zero attached hydrogens (tertiary/aromatic N) is 8. The zero-order chi connectivity index (χ0) is 17.6. The van der Waals surface area contributed by atoms with E-state index in [1.54, 1.807) is 21.6 Å². The molecule has 0 unspecified atom stereocenters. The van der Waals surface area contributed by atoms with Crippen molar-refractivity contribution in [3.05, 3.63) is 34.7 Å². The first-order chi connectivity index (χ1) is 12.1. The first kappa shape index (κ1) is 15.5. The van der Waals surface area contributed by atoms with Gasteiger partial charge in [0.15, 0.2) is 11.5 Å². The summed E-state index contributed by atoms with van der Waals surface area (Å²) in [6.45, 7) is 7.50. The van der Waals surface area contributed by atoms with Crippen molar-refractivity contribution in [1.29, 1.82) is 5.26 Å². The minimum atomic E-state index is -0.482. The molecule has 0 radical (unpaired) electrons. The van der Waals surface area contributed by atoms with E-state index < -0.39 is 5.54 Å². The Kier molecular flexibility index (Phi) is 3.44. The molecular formula is C15H12BrN9. The Balaban J connectivity index is 1.82. The number of nitrogen functional groups attached to an aromatic ring is 1. The lowest BCUT2D eigenvalue weighted by Crippen LogP contribution is -2.48. The van der Waals surface area contributed by atoms with Crippen molar-refractivity contribution in [2.24, 2.45) is 5.92 Å². The van der Waals surface area contributed by atoms with Gasteiger partial charge in [-0.15, -0.1) is 0 Å². The summed E-state index contributed by atoms with van der Waals surface area (Å²) >= 11 is 3.36. The molecule has 2 N–H and O–H groups in total. The summed E-state index contributed by atoms with van der Waals surface area (Å²) in [5.41, 5.74) is 7.41. The molecule has 0 saturated heterocycles. The van der Waals surface area contributed by atoms with Gasteiger partial charge in [0, 0.05) is 6.20 Å². The third kappa shape index (κ3) is 2.34. The fourth-order valence-electron chi connectivity index (χ4n) is 3.28. The molecule has 25 heavy (non-hydrogen) atoms. The normalized spacial score (nSPS) is 22.3. The second kappa shape index (κ2) is 5.53. The van der Waals surface area contributed by atoms with E-state index in [4.69, 9.17) is 17.6 Å². The van der Waals surface area contributed by atoms with E-state index in [1.165, 1.54) is 6.33 Å². The molecular weight excluding hydrogens is 386 g/mol. The standard InChI is InChI=1S/C15H12BrN9/c1-19-7-15(2-9(3-15)4-17)25-5-10(13(18)23-25)12-14-20-8-21-24(14)6-11(16)22-12/h5-6,8-9H,2-3,7H2,(H2,18,23). The highest BCUT2D eigenvalue weighted by Crippen LogP contribution is 2.45. The fraction of sp³-hybridized carbons (Fsp3) is 0.333. The van der Waals surface area contributed by atoms with E-state index in [0.717, 1.165) is 0 Å². The van der Waals surface area contributed by atoms with E-state index in [0.29, 0.717) is 40.2 Å². The average Bonchev–Trinajstić information content (AvgIpc) is 3.16. The van der Waals surface area contributed by atoms with Crippen LogP contribution in [-0.2, 0) is 5.54 Å². The maximum absolute atomic E-state index is 9.08. The van der Waals surface area contributed by atoms with Gasteiger partial charge in [-0.1, -0.05) is 0 Å². The van der Waals surface area contributed by atoms with Gasteiger partial charge in [0.05, 0.1) is 23.7 Å². The molecule has 0 amide bonds. The van der Waals surface area contributed by atoms with Crippen molar-refractivity contribution >= 4 is 27.4 Å². The Morgan fingerprint density at radius 3 is 3.00 bits per heavy atom. The molecule has 0 aliphatic heterocycles. The van der Waals surface area contributed by atoms with Crippen LogP contribution in [0.15, 0.2) is 23.3 Å². The molecule has 9 nitrogen and oxygen atoms in total. The van der Waals surface area contributed by atoms with Gasteiger partial charge < -0.3 is 10.6 Å². The number of aromatic nitrogens is 6. The van der Waals surface area contributed by atoms with Gasteiger partial charge in [-0.2, -0.15) is 15.5 Å². The lowest BCUT2D eigenvalue weighted by atomic mass is 9.69. The van der Waals surface area contributed by atoms with Crippen LogP contribution in [0.1, 0.15) is 12.8 Å². The number of fused-ring (bicyclic) bond motifs is 1. The highest BCUT2D eigenvalue weighted by atomic mass is 79.9. The zero-order valence-corrected chi connectivity index (χ0v) is 14.5. The Bertz CT molecular complexity index is 1050. The van der Waals surface area contributed by atoms with Crippen LogP contribution in [0.3, 0.4) is 0 Å². The topological polar surface area (TPSA) is 115 Å². The van der Waals surface area contributed by atoms with Crippen molar-refractivity contribution in [1.82, 2.24) is 29.4 Å². The molecule has 1 aliphatic rings. The van der Waals surface area contributed by atoms with Crippen LogP contribution in [-0.4, -0.2) is 35.9 Å². The van der Waals surface area contributed by atoms with Crippen molar-refractivity contribution in [2.45, 2.75) is 18.4 Å². The van der Waals surface area contributed by atoms with Crippen LogP contribution < -0.4 is 5.73 Å². The summed E-state index contributed by atoms with van der Waals surface area (Å²) in [6, 6.07) is 2.25. The predicted molar refractivity (Wildman–Crippen MR) is 91.9 cm³/mol. The van der Waals surface area contributed by atoms with Crippen LogP contribution in [0.4, 0.5) is 5.82 Å². The quantitative estimate of drug-likeness (QED) is 0.674. The van der Waals surface area contributed by atoms with E-state index in [-0.39, 0.29) is 12.5 Å². The summed E-state index contributed by atoms with van der Waals surface area (Å²) in [4.78, 5) is 12.2. The van der Waals surface area contributed by atoms with Crippen LogP contribution in [0.25, 0.3) is 21.7 Å². The fourth-order valence-corrected chi connectivity index (χ4v) is 3.65. The van der Waals surface area contributed by atoms with Crippen LogP contribution in [0, 0.1) is 23.8 Å². The van der Waals surface area contributed by atoms with Crippen LogP contribution in [0.2, 0.25) is 0 Å². The summed E-state index contributed by atoms with van der Waals surface area (Å²) < 4.78 is 3.92. The molecule has 0 spiro atoms. The molecule has 1 saturated carbocycles. The molecule has 3 heterocycles. The number of halogens is 1. The summed E-state index contributed by atoms with van der Waals surface area (Å²) in [6.07, 6.45) is 6.13. The van der Waals surface area contributed by atoms with E-state index >= 15 is 0 Å². The van der Waals surface area contributed by atoms with Crippen molar-refractivity contribution in [3.63, 3.8) is 0 Å². The second-order valence-corrected chi connectivity index (χ2v) is 6.90. The van der Waals surface area contributed by atoms with Gasteiger partial charge in [0.25, 0.3) is 0 Å². The third-order valence-electron chi connectivity index (χ3n) is 4.52. The van der Waals surface area contributed by atoms with E-state index in [9.17, 15) is 0 Å². The highest BCUT2D eigenvalue weighted by Gasteiger charge is 2.50. The van der Waals surface area contributed by atoms with Gasteiger partial charge in [-0.05, 0) is 28.8 Å². The summed E-state index contributed by atoms with van der Waals surface area (Å²) in [5.74, 6) is 0.253. The first-order valence-electron chi connectivity index (χ1n) is 7.51. The van der Waals surface area contributed by atoms with Crippen molar-refractivity contribution in [3.8, 4) is 17.3 Å². The lowest BCUT2D eigenvalue weighted by Gasteiger charge is -2.40. The molecule has 124 valence electrons.